The number of nitrogens with two attached hydrogens (primary N) is 1. The van der Waals surface area contributed by atoms with E-state index in [1.165, 1.54) is 0 Å². The Balaban J connectivity index is 0.000000921. The lowest BCUT2D eigenvalue weighted by molar-refractivity contribution is 0.0963. The Morgan fingerprint density at radius 1 is 1.27 bits per heavy atom. The zero-order chi connectivity index (χ0) is 11.7. The normalized spacial score (nSPS) is 8.80. The van der Waals surface area contributed by atoms with Crippen LogP contribution in [0.1, 0.15) is 29.8 Å². The first-order valence-electron chi connectivity index (χ1n) is 5.29. The molecule has 0 aliphatic heterocycles. The fourth-order valence-electron chi connectivity index (χ4n) is 1.13. The lowest BCUT2D eigenvalue weighted by Gasteiger charge is -2.01. The molecule has 84 valence electrons. The van der Waals surface area contributed by atoms with Gasteiger partial charge < -0.3 is 11.1 Å². The topological polar surface area (TPSA) is 55.1 Å². The van der Waals surface area contributed by atoms with Gasteiger partial charge in [0.25, 0.3) is 5.91 Å². The van der Waals surface area contributed by atoms with Gasteiger partial charge in [0.15, 0.2) is 0 Å². The number of rotatable bonds is 3. The maximum absolute atomic E-state index is 11.1. The van der Waals surface area contributed by atoms with Crippen molar-refractivity contribution in [2.24, 2.45) is 5.73 Å². The number of amides is 1. The molecule has 0 heterocycles. The Kier molecular flexibility index (Phi) is 7.28. The van der Waals surface area contributed by atoms with Crippen LogP contribution in [0.4, 0.5) is 0 Å². The third-order valence-electron chi connectivity index (χ3n) is 1.88. The zero-order valence-electron chi connectivity index (χ0n) is 9.71. The van der Waals surface area contributed by atoms with Crippen LogP contribution in [0.15, 0.2) is 24.3 Å². The molecule has 15 heavy (non-hydrogen) atoms. The maximum Gasteiger partial charge on any atom is 0.251 e. The fourth-order valence-corrected chi connectivity index (χ4v) is 1.13. The lowest BCUT2D eigenvalue weighted by Crippen LogP contribution is -2.17. The summed E-state index contributed by atoms with van der Waals surface area (Å²) in [4.78, 5) is 11.1. The van der Waals surface area contributed by atoms with Gasteiger partial charge in [-0.3, -0.25) is 4.79 Å². The lowest BCUT2D eigenvalue weighted by atomic mass is 10.1. The monoisotopic (exact) mass is 208 g/mol. The van der Waals surface area contributed by atoms with E-state index in [-0.39, 0.29) is 5.91 Å². The number of hydrogen-bond donors (Lipinski definition) is 2. The van der Waals surface area contributed by atoms with Crippen molar-refractivity contribution in [3.8, 4) is 0 Å². The molecule has 0 aliphatic carbocycles. The van der Waals surface area contributed by atoms with E-state index in [0.717, 1.165) is 12.0 Å². The molecule has 1 rings (SSSR count). The Morgan fingerprint density at radius 2 is 1.80 bits per heavy atom. The van der Waals surface area contributed by atoms with Crippen LogP contribution in [0.5, 0.6) is 0 Å². The summed E-state index contributed by atoms with van der Waals surface area (Å²) >= 11 is 0. The zero-order valence-corrected chi connectivity index (χ0v) is 9.71. The van der Waals surface area contributed by atoms with E-state index in [4.69, 9.17) is 5.73 Å². The van der Waals surface area contributed by atoms with Gasteiger partial charge in [0.1, 0.15) is 0 Å². The predicted molar refractivity (Wildman–Crippen MR) is 63.9 cm³/mol. The smallest absolute Gasteiger partial charge is 0.251 e. The van der Waals surface area contributed by atoms with Crippen LogP contribution in [0.2, 0.25) is 0 Å². The van der Waals surface area contributed by atoms with E-state index in [1.807, 2.05) is 38.1 Å². The molecule has 0 spiro atoms. The second-order valence-corrected chi connectivity index (χ2v) is 2.81. The summed E-state index contributed by atoms with van der Waals surface area (Å²) in [7, 11) is 1.62. The van der Waals surface area contributed by atoms with Crippen LogP contribution in [0.3, 0.4) is 0 Å². The average Bonchev–Trinajstić information content (AvgIpc) is 2.32. The van der Waals surface area contributed by atoms with Crippen molar-refractivity contribution < 1.29 is 4.79 Å². The Morgan fingerprint density at radius 3 is 2.20 bits per heavy atom. The third-order valence-corrected chi connectivity index (χ3v) is 1.88. The van der Waals surface area contributed by atoms with Crippen molar-refractivity contribution in [2.45, 2.75) is 20.3 Å². The molecular formula is C12H20N2O. The summed E-state index contributed by atoms with van der Waals surface area (Å²) in [5.41, 5.74) is 7.25. The largest absolute Gasteiger partial charge is 0.355 e. The van der Waals surface area contributed by atoms with Crippen LogP contribution in [-0.4, -0.2) is 19.5 Å². The molecule has 0 aromatic heterocycles. The SMILES string of the molecule is CC.CNC(=O)c1ccc(CCN)cc1. The summed E-state index contributed by atoms with van der Waals surface area (Å²) in [5, 5.41) is 2.57. The summed E-state index contributed by atoms with van der Waals surface area (Å²) in [5.74, 6) is -0.0562. The molecule has 1 aromatic rings. The van der Waals surface area contributed by atoms with E-state index in [2.05, 4.69) is 5.32 Å². The van der Waals surface area contributed by atoms with Crippen LogP contribution >= 0.6 is 0 Å². The van der Waals surface area contributed by atoms with Gasteiger partial charge in [0.05, 0.1) is 0 Å². The minimum absolute atomic E-state index is 0.0562. The van der Waals surface area contributed by atoms with Crippen molar-refractivity contribution in [1.82, 2.24) is 5.32 Å². The Labute approximate surface area is 91.7 Å². The highest BCUT2D eigenvalue weighted by Gasteiger charge is 2.01. The van der Waals surface area contributed by atoms with Gasteiger partial charge in [-0.05, 0) is 30.7 Å². The van der Waals surface area contributed by atoms with Crippen LogP contribution < -0.4 is 11.1 Å². The molecule has 3 heteroatoms. The van der Waals surface area contributed by atoms with Crippen molar-refractivity contribution in [3.63, 3.8) is 0 Å². The van der Waals surface area contributed by atoms with Gasteiger partial charge in [0.2, 0.25) is 0 Å². The number of carbonyl (C=O) groups is 1. The van der Waals surface area contributed by atoms with E-state index < -0.39 is 0 Å². The molecule has 1 aromatic carbocycles. The highest BCUT2D eigenvalue weighted by molar-refractivity contribution is 5.93. The summed E-state index contributed by atoms with van der Waals surface area (Å²) in [6, 6.07) is 7.47. The van der Waals surface area contributed by atoms with Crippen molar-refractivity contribution in [1.29, 1.82) is 0 Å². The molecule has 0 unspecified atom stereocenters. The van der Waals surface area contributed by atoms with Crippen LogP contribution in [0.25, 0.3) is 0 Å². The van der Waals surface area contributed by atoms with E-state index >= 15 is 0 Å². The minimum atomic E-state index is -0.0562. The molecule has 3 N–H and O–H groups in total. The molecule has 0 radical (unpaired) electrons. The third kappa shape index (κ3) is 4.61. The molecule has 0 bridgehead atoms. The molecule has 0 saturated carbocycles. The van der Waals surface area contributed by atoms with Gasteiger partial charge in [-0.1, -0.05) is 26.0 Å². The summed E-state index contributed by atoms with van der Waals surface area (Å²) in [6.45, 7) is 4.64. The molecule has 0 saturated heterocycles. The number of hydrogen-bond acceptors (Lipinski definition) is 2. The van der Waals surface area contributed by atoms with E-state index in [1.54, 1.807) is 7.05 Å². The number of nitrogens with one attached hydrogen (secondary N) is 1. The van der Waals surface area contributed by atoms with Crippen LogP contribution in [0, 0.1) is 0 Å². The predicted octanol–water partition coefficient (Wildman–Crippen LogP) is 1.57. The quantitative estimate of drug-likeness (QED) is 0.792. The first kappa shape index (κ1) is 13.7. The highest BCUT2D eigenvalue weighted by Crippen LogP contribution is 2.04. The van der Waals surface area contributed by atoms with Gasteiger partial charge in [-0.15, -0.1) is 0 Å². The Bertz CT molecular complexity index is 280. The highest BCUT2D eigenvalue weighted by atomic mass is 16.1. The molecule has 1 amide bonds. The Hall–Kier alpha value is -1.35. The first-order chi connectivity index (χ1) is 7.27. The first-order valence-corrected chi connectivity index (χ1v) is 5.29. The fraction of sp³-hybridized carbons (Fsp3) is 0.417. The van der Waals surface area contributed by atoms with E-state index in [0.29, 0.717) is 12.1 Å². The summed E-state index contributed by atoms with van der Waals surface area (Å²) < 4.78 is 0. The van der Waals surface area contributed by atoms with Crippen molar-refractivity contribution >= 4 is 5.91 Å². The minimum Gasteiger partial charge on any atom is -0.355 e. The van der Waals surface area contributed by atoms with Crippen molar-refractivity contribution in [3.05, 3.63) is 35.4 Å². The molecule has 0 atom stereocenters. The van der Waals surface area contributed by atoms with Gasteiger partial charge in [-0.25, -0.2) is 0 Å². The van der Waals surface area contributed by atoms with Gasteiger partial charge in [0, 0.05) is 12.6 Å². The van der Waals surface area contributed by atoms with Gasteiger partial charge >= 0.3 is 0 Å². The van der Waals surface area contributed by atoms with E-state index in [9.17, 15) is 4.79 Å². The van der Waals surface area contributed by atoms with Crippen LogP contribution in [-0.2, 0) is 6.42 Å². The summed E-state index contributed by atoms with van der Waals surface area (Å²) in [6.07, 6.45) is 0.855. The standard InChI is InChI=1S/C10H14N2O.C2H6/c1-12-10(13)9-4-2-8(3-5-9)6-7-11;1-2/h2-5H,6-7,11H2,1H3,(H,12,13);1-2H3. The maximum atomic E-state index is 11.1. The second-order valence-electron chi connectivity index (χ2n) is 2.81. The average molecular weight is 208 g/mol. The molecular weight excluding hydrogens is 188 g/mol. The second kappa shape index (κ2) is 8.00. The number of carbonyl (C=O) groups excluding carboxylic acids is 1. The van der Waals surface area contributed by atoms with Crippen molar-refractivity contribution in [2.75, 3.05) is 13.6 Å². The molecule has 0 fully saturated rings. The molecule has 0 aliphatic rings. The number of benzene rings is 1. The molecule has 3 nitrogen and oxygen atoms in total. The van der Waals surface area contributed by atoms with Gasteiger partial charge in [-0.2, -0.15) is 0 Å².